The molecule has 1 spiro atoms. The lowest BCUT2D eigenvalue weighted by Gasteiger charge is -2.34. The summed E-state index contributed by atoms with van der Waals surface area (Å²) in [5.41, 5.74) is 3.54. The Kier molecular flexibility index (Phi) is 4.89. The van der Waals surface area contributed by atoms with Crippen LogP contribution in [-0.4, -0.2) is 61.0 Å². The molecule has 2 aliphatic heterocycles. The third kappa shape index (κ3) is 4.03. The summed E-state index contributed by atoms with van der Waals surface area (Å²) in [6, 6.07) is 10.9. The van der Waals surface area contributed by atoms with Gasteiger partial charge in [0.25, 0.3) is 0 Å². The standard InChI is InChI=1S/C24H25N7O2S/c1-34(32,33)18-5-2-16(3-6-18)19-13-25-20-14-27-23(30-22(19)20)29-17-4-7-21(26-12-17)31-11-10-28-24(15-31)8-9-24/h2-7,12-14,19,28H,8-11,15H2,1H3,(H,27,29,30). The average molecular weight is 476 g/mol. The van der Waals surface area contributed by atoms with Gasteiger partial charge < -0.3 is 15.5 Å². The van der Waals surface area contributed by atoms with Crippen molar-refractivity contribution >= 4 is 39.2 Å². The van der Waals surface area contributed by atoms with Crippen LogP contribution in [-0.2, 0) is 9.84 Å². The molecule has 34 heavy (non-hydrogen) atoms. The summed E-state index contributed by atoms with van der Waals surface area (Å²) in [6.45, 7) is 2.96. The molecule has 2 N–H and O–H groups in total. The summed E-state index contributed by atoms with van der Waals surface area (Å²) in [4.78, 5) is 20.8. The quantitative estimate of drug-likeness (QED) is 0.579. The van der Waals surface area contributed by atoms with Crippen molar-refractivity contribution in [3.05, 3.63) is 60.0 Å². The molecule has 0 amide bonds. The number of rotatable bonds is 5. The molecule has 1 unspecified atom stereocenters. The second-order valence-electron chi connectivity index (χ2n) is 9.22. The Labute approximate surface area is 198 Å². The van der Waals surface area contributed by atoms with Gasteiger partial charge in [0, 0.05) is 37.6 Å². The zero-order valence-corrected chi connectivity index (χ0v) is 19.6. The zero-order chi connectivity index (χ0) is 23.3. The van der Waals surface area contributed by atoms with E-state index in [2.05, 4.69) is 30.5 Å². The van der Waals surface area contributed by atoms with Crippen LogP contribution in [0.3, 0.4) is 0 Å². The van der Waals surface area contributed by atoms with Crippen LogP contribution in [0.15, 0.2) is 58.7 Å². The van der Waals surface area contributed by atoms with Crippen LogP contribution in [0.25, 0.3) is 0 Å². The molecule has 2 fully saturated rings. The Morgan fingerprint density at radius 2 is 1.91 bits per heavy atom. The Bertz CT molecular complexity index is 1370. The number of nitrogens with zero attached hydrogens (tertiary/aromatic N) is 5. The fourth-order valence-corrected chi connectivity index (χ4v) is 5.21. The first kappa shape index (κ1) is 21.2. The van der Waals surface area contributed by atoms with Gasteiger partial charge in [0.1, 0.15) is 11.5 Å². The Morgan fingerprint density at radius 1 is 1.09 bits per heavy atom. The van der Waals surface area contributed by atoms with E-state index in [0.29, 0.717) is 22.1 Å². The van der Waals surface area contributed by atoms with E-state index in [1.54, 1.807) is 18.3 Å². The third-order valence-electron chi connectivity index (χ3n) is 6.68. The van der Waals surface area contributed by atoms with E-state index in [-0.39, 0.29) is 5.92 Å². The normalized spacial score (nSPS) is 20.4. The molecule has 1 aliphatic carbocycles. The molecule has 1 atom stereocenters. The molecule has 3 aromatic rings. The smallest absolute Gasteiger partial charge is 0.227 e. The summed E-state index contributed by atoms with van der Waals surface area (Å²) in [5.74, 6) is 1.30. The first-order valence-electron chi connectivity index (χ1n) is 11.3. The van der Waals surface area contributed by atoms with Crippen molar-refractivity contribution in [3.8, 4) is 0 Å². The van der Waals surface area contributed by atoms with Crippen molar-refractivity contribution in [3.63, 3.8) is 0 Å². The number of piperazine rings is 1. The molecule has 10 heteroatoms. The lowest BCUT2D eigenvalue weighted by atomic mass is 9.98. The number of aliphatic imine (C=N–C) groups is 1. The summed E-state index contributed by atoms with van der Waals surface area (Å²) in [5, 5.41) is 6.87. The molecule has 1 saturated heterocycles. The monoisotopic (exact) mass is 475 g/mol. The number of benzene rings is 1. The van der Waals surface area contributed by atoms with Crippen LogP contribution in [0.4, 0.5) is 23.1 Å². The number of pyridine rings is 1. The van der Waals surface area contributed by atoms with E-state index in [1.807, 2.05) is 36.7 Å². The maximum atomic E-state index is 11.8. The first-order valence-corrected chi connectivity index (χ1v) is 13.2. The van der Waals surface area contributed by atoms with Gasteiger partial charge in [0.15, 0.2) is 9.84 Å². The molecule has 0 radical (unpaired) electrons. The van der Waals surface area contributed by atoms with Gasteiger partial charge in [-0.25, -0.2) is 23.4 Å². The molecule has 6 rings (SSSR count). The SMILES string of the molecule is CS(=O)(=O)c1ccc(C2C=Nc3cnc(Nc4ccc(N5CCNC6(CC6)C5)nc4)nc32)cc1. The van der Waals surface area contributed by atoms with Crippen LogP contribution in [0.5, 0.6) is 0 Å². The van der Waals surface area contributed by atoms with Crippen LogP contribution in [0.2, 0.25) is 0 Å². The van der Waals surface area contributed by atoms with E-state index in [4.69, 9.17) is 4.98 Å². The van der Waals surface area contributed by atoms with Crippen LogP contribution >= 0.6 is 0 Å². The van der Waals surface area contributed by atoms with Crippen molar-refractivity contribution in [2.75, 3.05) is 36.1 Å². The van der Waals surface area contributed by atoms with Crippen molar-refractivity contribution in [1.29, 1.82) is 0 Å². The molecular weight excluding hydrogens is 450 g/mol. The summed E-state index contributed by atoms with van der Waals surface area (Å²) >= 11 is 0. The van der Waals surface area contributed by atoms with Gasteiger partial charge in [-0.05, 0) is 42.7 Å². The highest BCUT2D eigenvalue weighted by Gasteiger charge is 2.45. The van der Waals surface area contributed by atoms with Crippen LogP contribution in [0, 0.1) is 0 Å². The number of aromatic nitrogens is 3. The molecule has 1 aromatic carbocycles. The lowest BCUT2D eigenvalue weighted by molar-refractivity contribution is 0.440. The number of nitrogens with one attached hydrogen (secondary N) is 2. The van der Waals surface area contributed by atoms with E-state index >= 15 is 0 Å². The van der Waals surface area contributed by atoms with Gasteiger partial charge in [-0.15, -0.1) is 0 Å². The Hall–Kier alpha value is -3.37. The summed E-state index contributed by atoms with van der Waals surface area (Å²) in [6.07, 6.45) is 9.01. The highest BCUT2D eigenvalue weighted by atomic mass is 32.2. The van der Waals surface area contributed by atoms with Gasteiger partial charge >= 0.3 is 0 Å². The minimum absolute atomic E-state index is 0.157. The molecule has 1 saturated carbocycles. The minimum atomic E-state index is -3.24. The molecule has 174 valence electrons. The zero-order valence-electron chi connectivity index (χ0n) is 18.8. The number of sulfone groups is 1. The summed E-state index contributed by atoms with van der Waals surface area (Å²) in [7, 11) is -3.24. The maximum absolute atomic E-state index is 11.8. The van der Waals surface area contributed by atoms with Gasteiger partial charge in [0.2, 0.25) is 5.95 Å². The van der Waals surface area contributed by atoms with Crippen molar-refractivity contribution in [2.24, 2.45) is 4.99 Å². The fourth-order valence-electron chi connectivity index (χ4n) is 4.58. The average Bonchev–Trinajstić information content (AvgIpc) is 3.44. The summed E-state index contributed by atoms with van der Waals surface area (Å²) < 4.78 is 23.5. The molecular formula is C24H25N7O2S. The van der Waals surface area contributed by atoms with Gasteiger partial charge in [-0.2, -0.15) is 0 Å². The fraction of sp³-hybridized carbons (Fsp3) is 0.333. The second kappa shape index (κ2) is 7.85. The number of hydrogen-bond acceptors (Lipinski definition) is 9. The van der Waals surface area contributed by atoms with Crippen LogP contribution < -0.4 is 15.5 Å². The number of anilines is 3. The molecule has 0 bridgehead atoms. The Balaban J connectivity index is 1.18. The van der Waals surface area contributed by atoms with Crippen molar-refractivity contribution in [2.45, 2.75) is 29.2 Å². The molecule has 2 aromatic heterocycles. The minimum Gasteiger partial charge on any atom is -0.353 e. The molecule has 9 nitrogen and oxygen atoms in total. The Morgan fingerprint density at radius 3 is 2.62 bits per heavy atom. The van der Waals surface area contributed by atoms with Crippen molar-refractivity contribution < 1.29 is 8.42 Å². The first-order chi connectivity index (χ1) is 16.4. The van der Waals surface area contributed by atoms with Crippen molar-refractivity contribution in [1.82, 2.24) is 20.3 Å². The number of hydrogen-bond donors (Lipinski definition) is 2. The van der Waals surface area contributed by atoms with E-state index in [0.717, 1.165) is 42.4 Å². The lowest BCUT2D eigenvalue weighted by Crippen LogP contribution is -2.52. The van der Waals surface area contributed by atoms with Gasteiger partial charge in [-0.3, -0.25) is 4.99 Å². The topological polar surface area (TPSA) is 112 Å². The molecule has 4 heterocycles. The van der Waals surface area contributed by atoms with Gasteiger partial charge in [-0.1, -0.05) is 12.1 Å². The highest BCUT2D eigenvalue weighted by Crippen LogP contribution is 2.39. The molecule has 3 aliphatic rings. The largest absolute Gasteiger partial charge is 0.353 e. The van der Waals surface area contributed by atoms with E-state index < -0.39 is 9.84 Å². The third-order valence-corrected chi connectivity index (χ3v) is 7.81. The predicted molar refractivity (Wildman–Crippen MR) is 131 cm³/mol. The van der Waals surface area contributed by atoms with E-state index in [9.17, 15) is 8.42 Å². The van der Waals surface area contributed by atoms with Gasteiger partial charge in [0.05, 0.1) is 34.6 Å². The maximum Gasteiger partial charge on any atom is 0.227 e. The number of fused-ring (bicyclic) bond motifs is 1. The highest BCUT2D eigenvalue weighted by molar-refractivity contribution is 7.90. The van der Waals surface area contributed by atoms with Crippen LogP contribution in [0.1, 0.15) is 30.0 Å². The predicted octanol–water partition coefficient (Wildman–Crippen LogP) is 2.81. The van der Waals surface area contributed by atoms with E-state index in [1.165, 1.54) is 19.1 Å². The second-order valence-corrected chi connectivity index (χ2v) is 11.2.